The van der Waals surface area contributed by atoms with Crippen LogP contribution in [0.2, 0.25) is 0 Å². The second-order valence-corrected chi connectivity index (χ2v) is 6.81. The van der Waals surface area contributed by atoms with Crippen LogP contribution < -0.4 is 0 Å². The maximum absolute atomic E-state index is 12.2. The molecule has 1 aliphatic carbocycles. The summed E-state index contributed by atoms with van der Waals surface area (Å²) < 4.78 is 11.2. The minimum Gasteiger partial charge on any atom is -0.370 e. The smallest absolute Gasteiger partial charge is 0.237 e. The normalized spacial score (nSPS) is 22.1. The summed E-state index contributed by atoms with van der Waals surface area (Å²) in [7, 11) is 0. The number of hydrogen-bond acceptors (Lipinski definition) is 5. The van der Waals surface area contributed by atoms with Gasteiger partial charge in [-0.1, -0.05) is 38.8 Å². The Morgan fingerprint density at radius 1 is 1.33 bits per heavy atom. The fourth-order valence-corrected chi connectivity index (χ4v) is 2.79. The van der Waals surface area contributed by atoms with E-state index < -0.39 is 0 Å². The van der Waals surface area contributed by atoms with Gasteiger partial charge in [0.1, 0.15) is 11.9 Å². The van der Waals surface area contributed by atoms with Crippen LogP contribution in [0.25, 0.3) is 0 Å². The zero-order valence-corrected chi connectivity index (χ0v) is 13.5. The third-order valence-electron chi connectivity index (χ3n) is 3.91. The van der Waals surface area contributed by atoms with Crippen molar-refractivity contribution < 1.29 is 14.1 Å². The second-order valence-electron chi connectivity index (χ2n) is 6.81. The van der Waals surface area contributed by atoms with Gasteiger partial charge in [-0.25, -0.2) is 0 Å². The molecule has 0 radical (unpaired) electrons. The molecule has 0 spiro atoms. The van der Waals surface area contributed by atoms with E-state index in [1.165, 1.54) is 0 Å². The Morgan fingerprint density at radius 3 is 2.76 bits per heavy atom. The lowest BCUT2D eigenvalue weighted by Crippen LogP contribution is -2.22. The van der Waals surface area contributed by atoms with Gasteiger partial charge in [0.05, 0.1) is 5.92 Å². The van der Waals surface area contributed by atoms with Gasteiger partial charge in [0.15, 0.2) is 0 Å². The highest BCUT2D eigenvalue weighted by atomic mass is 16.5. The largest absolute Gasteiger partial charge is 0.370 e. The first kappa shape index (κ1) is 16.1. The maximum atomic E-state index is 12.2. The summed E-state index contributed by atoms with van der Waals surface area (Å²) in [5.41, 5.74) is -0.120. The second kappa shape index (κ2) is 6.69. The zero-order chi connectivity index (χ0) is 15.5. The average molecular weight is 294 g/mol. The molecule has 1 aromatic rings. The van der Waals surface area contributed by atoms with Crippen LogP contribution in [0.4, 0.5) is 0 Å². The first-order valence-electron chi connectivity index (χ1n) is 7.91. The summed E-state index contributed by atoms with van der Waals surface area (Å²) >= 11 is 0. The number of carbonyl (C=O) groups excluding carboxylic acids is 1. The Hall–Kier alpha value is -1.23. The molecule has 0 amide bonds. The molecule has 0 saturated heterocycles. The lowest BCUT2D eigenvalue weighted by Gasteiger charge is -2.27. The van der Waals surface area contributed by atoms with E-state index in [-0.39, 0.29) is 23.2 Å². The van der Waals surface area contributed by atoms with Crippen molar-refractivity contribution in [1.29, 1.82) is 0 Å². The van der Waals surface area contributed by atoms with Gasteiger partial charge in [-0.2, -0.15) is 4.98 Å². The van der Waals surface area contributed by atoms with E-state index in [0.29, 0.717) is 24.7 Å². The van der Waals surface area contributed by atoms with Crippen molar-refractivity contribution in [2.45, 2.75) is 71.8 Å². The number of aromatic nitrogens is 2. The highest BCUT2D eigenvalue weighted by molar-refractivity contribution is 5.84. The van der Waals surface area contributed by atoms with Gasteiger partial charge in [0.25, 0.3) is 0 Å². The minimum atomic E-state index is -0.226. The van der Waals surface area contributed by atoms with Crippen LogP contribution in [0, 0.1) is 5.41 Å². The molecule has 2 rings (SSSR count). The van der Waals surface area contributed by atoms with Crippen molar-refractivity contribution in [3.63, 3.8) is 0 Å². The summed E-state index contributed by atoms with van der Waals surface area (Å²) in [5.74, 6) is 1.02. The Kier molecular flexibility index (Phi) is 5.14. The number of carbonyl (C=O) groups is 1. The Bertz CT molecular complexity index is 476. The van der Waals surface area contributed by atoms with Gasteiger partial charge >= 0.3 is 0 Å². The fraction of sp³-hybridized carbons (Fsp3) is 0.812. The molecule has 1 aliphatic rings. The summed E-state index contributed by atoms with van der Waals surface area (Å²) in [6.45, 7) is 8.79. The number of ether oxygens (including phenoxy) is 1. The van der Waals surface area contributed by atoms with Crippen LogP contribution in [-0.4, -0.2) is 22.5 Å². The number of Topliss-reactive ketones (excluding diaryl/α,β-unsaturated/α-hetero) is 1. The SMILES string of the molecule is CCOC(c1noc(C2CCCCCC2=O)n1)C(C)(C)C. The topological polar surface area (TPSA) is 65.2 Å². The lowest BCUT2D eigenvalue weighted by molar-refractivity contribution is -0.120. The van der Waals surface area contributed by atoms with E-state index >= 15 is 0 Å². The van der Waals surface area contributed by atoms with Gasteiger partial charge in [-0.3, -0.25) is 4.79 Å². The van der Waals surface area contributed by atoms with Crippen molar-refractivity contribution >= 4 is 5.78 Å². The highest BCUT2D eigenvalue weighted by Gasteiger charge is 2.34. The highest BCUT2D eigenvalue weighted by Crippen LogP contribution is 2.36. The van der Waals surface area contributed by atoms with Crippen LogP contribution in [0.3, 0.4) is 0 Å². The molecule has 0 bridgehead atoms. The van der Waals surface area contributed by atoms with Gasteiger partial charge in [-0.05, 0) is 25.2 Å². The standard InChI is InChI=1S/C16H26N2O3/c1-5-20-13(16(2,3)4)14-17-15(21-18-14)11-9-7-6-8-10-12(11)19/h11,13H,5-10H2,1-4H3. The van der Waals surface area contributed by atoms with Crippen LogP contribution in [0.1, 0.15) is 83.5 Å². The number of nitrogens with zero attached hydrogens (tertiary/aromatic N) is 2. The molecule has 0 aromatic carbocycles. The van der Waals surface area contributed by atoms with Crippen molar-refractivity contribution in [2.24, 2.45) is 5.41 Å². The first-order valence-corrected chi connectivity index (χ1v) is 7.91. The Labute approximate surface area is 126 Å². The minimum absolute atomic E-state index is 0.120. The van der Waals surface area contributed by atoms with E-state index in [2.05, 4.69) is 30.9 Å². The van der Waals surface area contributed by atoms with Crippen molar-refractivity contribution in [3.8, 4) is 0 Å². The van der Waals surface area contributed by atoms with Crippen LogP contribution in [0.5, 0.6) is 0 Å². The molecule has 2 unspecified atom stereocenters. The van der Waals surface area contributed by atoms with Crippen molar-refractivity contribution in [2.75, 3.05) is 6.61 Å². The fourth-order valence-electron chi connectivity index (χ4n) is 2.79. The molecule has 0 N–H and O–H groups in total. The first-order chi connectivity index (χ1) is 9.93. The van der Waals surface area contributed by atoms with Gasteiger partial charge < -0.3 is 9.26 Å². The van der Waals surface area contributed by atoms with Crippen molar-refractivity contribution in [1.82, 2.24) is 10.1 Å². The molecule has 1 fully saturated rings. The van der Waals surface area contributed by atoms with Crippen molar-refractivity contribution in [3.05, 3.63) is 11.7 Å². The predicted molar refractivity (Wildman–Crippen MR) is 79.0 cm³/mol. The molecule has 1 heterocycles. The van der Waals surface area contributed by atoms with E-state index in [0.717, 1.165) is 25.7 Å². The third-order valence-corrected chi connectivity index (χ3v) is 3.91. The van der Waals surface area contributed by atoms with Gasteiger partial charge in [0, 0.05) is 13.0 Å². The van der Waals surface area contributed by atoms with Gasteiger partial charge in [0.2, 0.25) is 11.7 Å². The monoisotopic (exact) mass is 294 g/mol. The van der Waals surface area contributed by atoms with Crippen LogP contribution >= 0.6 is 0 Å². The molecular formula is C16H26N2O3. The lowest BCUT2D eigenvalue weighted by atomic mass is 9.88. The Morgan fingerprint density at radius 2 is 2.10 bits per heavy atom. The molecular weight excluding hydrogens is 268 g/mol. The molecule has 21 heavy (non-hydrogen) atoms. The van der Waals surface area contributed by atoms with Gasteiger partial charge in [-0.15, -0.1) is 0 Å². The number of ketones is 1. The summed E-state index contributed by atoms with van der Waals surface area (Å²) in [5, 5.41) is 4.08. The van der Waals surface area contributed by atoms with Crippen LogP contribution in [0.15, 0.2) is 4.52 Å². The number of hydrogen-bond donors (Lipinski definition) is 0. The number of rotatable bonds is 4. The van der Waals surface area contributed by atoms with E-state index in [4.69, 9.17) is 9.26 Å². The Balaban J connectivity index is 2.21. The average Bonchev–Trinajstić information content (AvgIpc) is 2.77. The maximum Gasteiger partial charge on any atom is 0.237 e. The molecule has 1 aromatic heterocycles. The third kappa shape index (κ3) is 3.90. The summed E-state index contributed by atoms with van der Waals surface area (Å²) in [6.07, 6.45) is 4.33. The summed E-state index contributed by atoms with van der Waals surface area (Å²) in [4.78, 5) is 16.6. The zero-order valence-electron chi connectivity index (χ0n) is 13.5. The van der Waals surface area contributed by atoms with E-state index in [1.807, 2.05) is 6.92 Å². The summed E-state index contributed by atoms with van der Waals surface area (Å²) in [6, 6.07) is 0. The molecule has 1 saturated carbocycles. The predicted octanol–water partition coefficient (Wildman–Crippen LogP) is 3.81. The molecule has 0 aliphatic heterocycles. The quantitative estimate of drug-likeness (QED) is 0.790. The molecule has 118 valence electrons. The molecule has 5 heteroatoms. The molecule has 5 nitrogen and oxygen atoms in total. The van der Waals surface area contributed by atoms with Crippen LogP contribution in [-0.2, 0) is 9.53 Å². The van der Waals surface area contributed by atoms with E-state index in [1.54, 1.807) is 0 Å². The molecule has 2 atom stereocenters. The van der Waals surface area contributed by atoms with E-state index in [9.17, 15) is 4.79 Å².